The Labute approximate surface area is 164 Å². The van der Waals surface area contributed by atoms with Gasteiger partial charge in [0.2, 0.25) is 0 Å². The number of carboxylic acids is 1. The van der Waals surface area contributed by atoms with Gasteiger partial charge in [-0.3, -0.25) is 4.79 Å². The first-order chi connectivity index (χ1) is 13.7. The van der Waals surface area contributed by atoms with Crippen LogP contribution in [-0.4, -0.2) is 16.1 Å². The molecule has 0 bridgehead atoms. The van der Waals surface area contributed by atoms with Gasteiger partial charge in [-0.05, 0) is 55.0 Å². The third kappa shape index (κ3) is 4.06. The van der Waals surface area contributed by atoms with Crippen LogP contribution in [0.1, 0.15) is 42.5 Å². The number of aromatic nitrogens is 1. The minimum Gasteiger partial charge on any atom is -0.487 e. The Hall–Kier alpha value is -3.14. The van der Waals surface area contributed by atoms with Crippen molar-refractivity contribution in [3.8, 4) is 5.75 Å². The van der Waals surface area contributed by atoms with Gasteiger partial charge >= 0.3 is 5.97 Å². The molecule has 0 radical (unpaired) electrons. The number of benzene rings is 2. The number of rotatable bonds is 6. The predicted octanol–water partition coefficient (Wildman–Crippen LogP) is 5.40. The first kappa shape index (κ1) is 18.2. The van der Waals surface area contributed by atoms with Crippen LogP contribution in [0.4, 0.5) is 0 Å². The van der Waals surface area contributed by atoms with Gasteiger partial charge in [0.15, 0.2) is 0 Å². The minimum absolute atomic E-state index is 0.169. The molecule has 0 saturated heterocycles. The molecular formula is C24H23NO3. The van der Waals surface area contributed by atoms with E-state index in [0.717, 1.165) is 41.6 Å². The highest BCUT2D eigenvalue weighted by atomic mass is 16.5. The molecule has 0 saturated carbocycles. The maximum atomic E-state index is 10.8. The number of allylic oxidation sites excluding steroid dienone is 2. The lowest BCUT2D eigenvalue weighted by molar-refractivity contribution is -0.136. The molecule has 2 aromatic carbocycles. The van der Waals surface area contributed by atoms with Crippen LogP contribution >= 0.6 is 0 Å². The van der Waals surface area contributed by atoms with Crippen LogP contribution < -0.4 is 4.74 Å². The number of pyridine rings is 1. The number of para-hydroxylation sites is 1. The summed E-state index contributed by atoms with van der Waals surface area (Å²) in [7, 11) is 0. The van der Waals surface area contributed by atoms with E-state index < -0.39 is 5.97 Å². The molecular weight excluding hydrogens is 350 g/mol. The van der Waals surface area contributed by atoms with Gasteiger partial charge in [0.05, 0.1) is 11.2 Å². The highest BCUT2D eigenvalue weighted by Gasteiger charge is 2.18. The zero-order chi connectivity index (χ0) is 19.3. The van der Waals surface area contributed by atoms with Gasteiger partial charge in [0, 0.05) is 17.4 Å². The molecule has 0 unspecified atom stereocenters. The van der Waals surface area contributed by atoms with E-state index >= 15 is 0 Å². The van der Waals surface area contributed by atoms with Gasteiger partial charge in [-0.15, -0.1) is 0 Å². The second-order valence-electron chi connectivity index (χ2n) is 7.08. The summed E-state index contributed by atoms with van der Waals surface area (Å²) in [4.78, 5) is 15.5. The molecule has 1 aliphatic rings. The van der Waals surface area contributed by atoms with Gasteiger partial charge in [-0.2, -0.15) is 0 Å². The Morgan fingerprint density at radius 3 is 2.86 bits per heavy atom. The Kier molecular flexibility index (Phi) is 5.38. The average molecular weight is 373 g/mol. The number of ether oxygens (including phenoxy) is 1. The Balaban J connectivity index is 1.53. The molecule has 28 heavy (non-hydrogen) atoms. The summed E-state index contributed by atoms with van der Waals surface area (Å²) in [5, 5.41) is 10.00. The fraction of sp³-hybridized carbons (Fsp3) is 0.250. The minimum atomic E-state index is -0.757. The molecule has 3 aromatic rings. The van der Waals surface area contributed by atoms with Gasteiger partial charge < -0.3 is 9.84 Å². The smallest absolute Gasteiger partial charge is 0.303 e. The molecule has 1 aromatic heterocycles. The zero-order valence-corrected chi connectivity index (χ0v) is 15.7. The number of nitrogens with zero attached hydrogens (tertiary/aromatic N) is 1. The van der Waals surface area contributed by atoms with E-state index in [2.05, 4.69) is 29.3 Å². The van der Waals surface area contributed by atoms with Crippen LogP contribution in [0.5, 0.6) is 5.75 Å². The number of hydrogen-bond acceptors (Lipinski definition) is 3. The summed E-state index contributed by atoms with van der Waals surface area (Å²) >= 11 is 0. The van der Waals surface area contributed by atoms with E-state index in [9.17, 15) is 4.79 Å². The fourth-order valence-corrected chi connectivity index (χ4v) is 3.77. The lowest BCUT2D eigenvalue weighted by Crippen LogP contribution is -2.07. The average Bonchev–Trinajstić information content (AvgIpc) is 2.72. The van der Waals surface area contributed by atoms with Crippen molar-refractivity contribution in [2.75, 3.05) is 0 Å². The van der Waals surface area contributed by atoms with Crippen LogP contribution in [0.15, 0.2) is 60.7 Å². The van der Waals surface area contributed by atoms with Crippen molar-refractivity contribution in [3.05, 3.63) is 77.5 Å². The van der Waals surface area contributed by atoms with E-state index in [1.807, 2.05) is 36.4 Å². The summed E-state index contributed by atoms with van der Waals surface area (Å²) in [5.74, 6) is 0.143. The summed E-state index contributed by atoms with van der Waals surface area (Å²) in [6, 6.07) is 18.3. The number of carboxylic acid groups (broad SMARTS) is 1. The van der Waals surface area contributed by atoms with E-state index in [1.165, 1.54) is 16.7 Å². The molecule has 4 heteroatoms. The molecule has 1 N–H and O–H groups in total. The summed E-state index contributed by atoms with van der Waals surface area (Å²) < 4.78 is 6.15. The van der Waals surface area contributed by atoms with Gasteiger partial charge in [0.25, 0.3) is 0 Å². The number of hydrogen-bond donors (Lipinski definition) is 1. The molecule has 0 aliphatic heterocycles. The van der Waals surface area contributed by atoms with Crippen LogP contribution in [-0.2, 0) is 17.8 Å². The lowest BCUT2D eigenvalue weighted by atomic mass is 9.86. The van der Waals surface area contributed by atoms with Crippen LogP contribution in [0, 0.1) is 0 Å². The molecule has 0 atom stereocenters. The summed E-state index contributed by atoms with van der Waals surface area (Å²) in [6.45, 7) is 0.430. The molecule has 1 aliphatic carbocycles. The van der Waals surface area contributed by atoms with Crippen molar-refractivity contribution in [1.82, 2.24) is 4.98 Å². The third-order valence-corrected chi connectivity index (χ3v) is 5.13. The largest absolute Gasteiger partial charge is 0.487 e. The summed E-state index contributed by atoms with van der Waals surface area (Å²) in [6.07, 6.45) is 5.83. The fourth-order valence-electron chi connectivity index (χ4n) is 3.77. The van der Waals surface area contributed by atoms with Crippen molar-refractivity contribution >= 4 is 22.4 Å². The highest BCUT2D eigenvalue weighted by molar-refractivity contribution is 5.78. The van der Waals surface area contributed by atoms with Crippen LogP contribution in [0.3, 0.4) is 0 Å². The highest BCUT2D eigenvalue weighted by Crippen LogP contribution is 2.36. The van der Waals surface area contributed by atoms with Crippen molar-refractivity contribution in [3.63, 3.8) is 0 Å². The molecule has 0 spiro atoms. The van der Waals surface area contributed by atoms with Crippen molar-refractivity contribution < 1.29 is 14.6 Å². The van der Waals surface area contributed by atoms with E-state index in [4.69, 9.17) is 9.84 Å². The maximum Gasteiger partial charge on any atom is 0.303 e. The first-order valence-electron chi connectivity index (χ1n) is 9.71. The van der Waals surface area contributed by atoms with E-state index in [0.29, 0.717) is 13.0 Å². The second-order valence-corrected chi connectivity index (χ2v) is 7.08. The molecule has 4 nitrogen and oxygen atoms in total. The maximum absolute atomic E-state index is 10.8. The topological polar surface area (TPSA) is 59.4 Å². The van der Waals surface area contributed by atoms with Crippen molar-refractivity contribution in [2.45, 2.75) is 38.7 Å². The molecule has 0 fully saturated rings. The lowest BCUT2D eigenvalue weighted by Gasteiger charge is -2.22. The zero-order valence-electron chi connectivity index (χ0n) is 15.7. The quantitative estimate of drug-likeness (QED) is 0.629. The Morgan fingerprint density at radius 2 is 1.96 bits per heavy atom. The number of carbonyl (C=O) groups is 1. The van der Waals surface area contributed by atoms with Gasteiger partial charge in [-0.1, -0.05) is 42.5 Å². The van der Waals surface area contributed by atoms with Crippen molar-refractivity contribution in [1.29, 1.82) is 0 Å². The Morgan fingerprint density at radius 1 is 1.07 bits per heavy atom. The van der Waals surface area contributed by atoms with Gasteiger partial charge in [0.1, 0.15) is 12.4 Å². The third-order valence-electron chi connectivity index (χ3n) is 5.13. The van der Waals surface area contributed by atoms with E-state index in [1.54, 1.807) is 0 Å². The molecule has 4 rings (SSSR count). The van der Waals surface area contributed by atoms with Gasteiger partial charge in [-0.25, -0.2) is 4.98 Å². The standard InChI is InChI=1S/C24H23NO3/c26-24(27)13-4-8-17-7-3-10-21-20(17)9-5-12-23(21)28-16-19-15-14-18-6-1-2-11-22(18)25-19/h1-2,5-6,8-9,11-12,14-15H,3-4,7,10,13,16H2,(H,26,27)/b17-8+. The second kappa shape index (κ2) is 8.26. The molecule has 1 heterocycles. The Bertz CT molecular complexity index is 1040. The normalized spacial score (nSPS) is 14.8. The number of aliphatic carboxylic acids is 1. The molecule has 0 amide bonds. The van der Waals surface area contributed by atoms with E-state index in [-0.39, 0.29) is 6.42 Å². The van der Waals surface area contributed by atoms with Crippen LogP contribution in [0.2, 0.25) is 0 Å². The number of fused-ring (bicyclic) bond motifs is 2. The molecule has 142 valence electrons. The van der Waals surface area contributed by atoms with Crippen LogP contribution in [0.25, 0.3) is 16.5 Å². The first-order valence-corrected chi connectivity index (χ1v) is 9.71. The summed E-state index contributed by atoms with van der Waals surface area (Å²) in [5.41, 5.74) is 5.53. The monoisotopic (exact) mass is 373 g/mol. The van der Waals surface area contributed by atoms with Crippen molar-refractivity contribution in [2.24, 2.45) is 0 Å². The predicted molar refractivity (Wildman–Crippen MR) is 110 cm³/mol. The SMILES string of the molecule is O=C(O)CC/C=C1\CCCc2c(OCc3ccc4ccccc4n3)cccc21.